The highest BCUT2D eigenvalue weighted by atomic mass is 16.2. The van der Waals surface area contributed by atoms with Crippen molar-refractivity contribution in [1.29, 1.82) is 0 Å². The Morgan fingerprint density at radius 3 is 1.90 bits per heavy atom. The van der Waals surface area contributed by atoms with Crippen LogP contribution in [-0.4, -0.2) is 17.6 Å². The predicted molar refractivity (Wildman–Crippen MR) is 118 cm³/mol. The zero-order valence-corrected chi connectivity index (χ0v) is 16.0. The van der Waals surface area contributed by atoms with Gasteiger partial charge in [-0.05, 0) is 51.4 Å². The van der Waals surface area contributed by atoms with E-state index in [-0.39, 0.29) is 12.0 Å². The van der Waals surface area contributed by atoms with Gasteiger partial charge in [-0.15, -0.1) is 0 Å². The third-order valence-corrected chi connectivity index (χ3v) is 5.41. The van der Waals surface area contributed by atoms with Gasteiger partial charge in [0.1, 0.15) is 0 Å². The normalized spacial score (nSPS) is 16.1. The van der Waals surface area contributed by atoms with Crippen LogP contribution in [0.5, 0.6) is 0 Å². The number of hydrogen-bond acceptors (Lipinski definition) is 3. The van der Waals surface area contributed by atoms with Crippen LogP contribution in [0.3, 0.4) is 0 Å². The molecule has 0 radical (unpaired) electrons. The van der Waals surface area contributed by atoms with Crippen LogP contribution in [0, 0.1) is 0 Å². The molecule has 144 valence electrons. The lowest BCUT2D eigenvalue weighted by molar-refractivity contribution is -0.131. The number of fused-ring (bicyclic) bond motifs is 2. The summed E-state index contributed by atoms with van der Waals surface area (Å²) in [5.41, 5.74) is 1.30. The number of anilines is 1. The van der Waals surface area contributed by atoms with Crippen molar-refractivity contribution in [3.05, 3.63) is 96.1 Å². The van der Waals surface area contributed by atoms with Gasteiger partial charge in [-0.25, -0.2) is 4.90 Å². The van der Waals surface area contributed by atoms with E-state index < -0.39 is 17.6 Å². The highest BCUT2D eigenvalue weighted by molar-refractivity contribution is 6.41. The van der Waals surface area contributed by atoms with Crippen LogP contribution in [0.1, 0.15) is 12.0 Å². The molecular formula is C26H17NO3. The van der Waals surface area contributed by atoms with Crippen LogP contribution in [0.15, 0.2) is 90.5 Å². The van der Waals surface area contributed by atoms with Crippen molar-refractivity contribution in [3.63, 3.8) is 0 Å². The second kappa shape index (κ2) is 7.08. The lowest BCUT2D eigenvalue weighted by atomic mass is 9.92. The second-order valence-electron chi connectivity index (χ2n) is 7.26. The van der Waals surface area contributed by atoms with Crippen LogP contribution in [-0.2, 0) is 14.4 Å². The molecule has 30 heavy (non-hydrogen) atoms. The van der Waals surface area contributed by atoms with Gasteiger partial charge in [-0.3, -0.25) is 14.4 Å². The zero-order valence-electron chi connectivity index (χ0n) is 16.0. The Hall–Kier alpha value is -4.05. The van der Waals surface area contributed by atoms with Gasteiger partial charge >= 0.3 is 0 Å². The van der Waals surface area contributed by atoms with Crippen molar-refractivity contribution in [2.75, 3.05) is 4.90 Å². The fourth-order valence-electron chi connectivity index (χ4n) is 3.99. The maximum atomic E-state index is 13.2. The number of para-hydroxylation sites is 1. The Balaban J connectivity index is 1.74. The average molecular weight is 391 g/mol. The van der Waals surface area contributed by atoms with Crippen molar-refractivity contribution in [3.8, 4) is 0 Å². The maximum Gasteiger partial charge on any atom is 0.268 e. The average Bonchev–Trinajstić information content (AvgIpc) is 2.76. The molecule has 0 bridgehead atoms. The van der Waals surface area contributed by atoms with E-state index >= 15 is 0 Å². The summed E-state index contributed by atoms with van der Waals surface area (Å²) in [5.74, 6) is -1.54. The summed E-state index contributed by atoms with van der Waals surface area (Å²) in [7, 11) is 0. The summed E-state index contributed by atoms with van der Waals surface area (Å²) in [6.45, 7) is 0. The van der Waals surface area contributed by atoms with E-state index in [9.17, 15) is 14.4 Å². The summed E-state index contributed by atoms with van der Waals surface area (Å²) in [6.07, 6.45) is 1.33. The van der Waals surface area contributed by atoms with Crippen LogP contribution >= 0.6 is 0 Å². The monoisotopic (exact) mass is 391 g/mol. The summed E-state index contributed by atoms with van der Waals surface area (Å²) >= 11 is 0. The highest BCUT2D eigenvalue weighted by Gasteiger charge is 2.37. The fourth-order valence-corrected chi connectivity index (χ4v) is 3.99. The predicted octanol–water partition coefficient (Wildman–Crippen LogP) is 4.91. The van der Waals surface area contributed by atoms with Crippen molar-refractivity contribution in [1.82, 2.24) is 0 Å². The van der Waals surface area contributed by atoms with Gasteiger partial charge < -0.3 is 0 Å². The minimum Gasteiger partial charge on any atom is -0.293 e. The Labute approximate surface area is 173 Å². The van der Waals surface area contributed by atoms with E-state index in [0.717, 1.165) is 32.0 Å². The number of Topliss-reactive ketones (excluding diaryl/α,β-unsaturated/α-hetero) is 1. The third kappa shape index (κ3) is 2.90. The minimum absolute atomic E-state index is 0.0277. The molecule has 0 aromatic heterocycles. The van der Waals surface area contributed by atoms with Crippen molar-refractivity contribution < 1.29 is 14.4 Å². The molecule has 4 heteroatoms. The molecule has 0 aliphatic carbocycles. The number of carbonyl (C=O) groups is 3. The number of imide groups is 1. The van der Waals surface area contributed by atoms with Crippen LogP contribution in [0.4, 0.5) is 5.69 Å². The molecule has 4 aromatic carbocycles. The smallest absolute Gasteiger partial charge is 0.268 e. The molecule has 0 N–H and O–H groups in total. The lowest BCUT2D eigenvalue weighted by Gasteiger charge is -2.26. The van der Waals surface area contributed by atoms with Crippen LogP contribution in [0.25, 0.3) is 27.6 Å². The van der Waals surface area contributed by atoms with Gasteiger partial charge in [-0.1, -0.05) is 66.7 Å². The molecule has 1 aliphatic rings. The maximum absolute atomic E-state index is 13.2. The Bertz CT molecular complexity index is 1320. The molecule has 1 heterocycles. The molecule has 0 spiro atoms. The Morgan fingerprint density at radius 2 is 1.27 bits per heavy atom. The van der Waals surface area contributed by atoms with Gasteiger partial charge in [-0.2, -0.15) is 0 Å². The summed E-state index contributed by atoms with van der Waals surface area (Å²) < 4.78 is 0. The third-order valence-electron chi connectivity index (χ3n) is 5.41. The molecule has 5 rings (SSSR count). The van der Waals surface area contributed by atoms with Gasteiger partial charge in [0.2, 0.25) is 5.91 Å². The molecule has 2 amide bonds. The first-order valence-electron chi connectivity index (χ1n) is 9.71. The summed E-state index contributed by atoms with van der Waals surface area (Å²) in [4.78, 5) is 39.6. The fraction of sp³-hybridized carbons (Fsp3) is 0.0385. The Kier molecular flexibility index (Phi) is 4.25. The van der Waals surface area contributed by atoms with Gasteiger partial charge in [0.15, 0.2) is 5.78 Å². The van der Waals surface area contributed by atoms with Crippen LogP contribution in [0.2, 0.25) is 0 Å². The molecule has 1 aliphatic heterocycles. The topological polar surface area (TPSA) is 54.5 Å². The number of carbonyl (C=O) groups excluding carboxylic acids is 3. The largest absolute Gasteiger partial charge is 0.293 e. The minimum atomic E-state index is -0.584. The molecule has 4 nitrogen and oxygen atoms in total. The number of hydrogen-bond donors (Lipinski definition) is 0. The van der Waals surface area contributed by atoms with Gasteiger partial charge in [0.05, 0.1) is 17.7 Å². The van der Waals surface area contributed by atoms with E-state index in [0.29, 0.717) is 5.69 Å². The van der Waals surface area contributed by atoms with Crippen molar-refractivity contribution in [2.24, 2.45) is 0 Å². The van der Waals surface area contributed by atoms with Crippen LogP contribution < -0.4 is 4.90 Å². The molecule has 1 fully saturated rings. The summed E-state index contributed by atoms with van der Waals surface area (Å²) in [5, 5.41) is 3.95. The van der Waals surface area contributed by atoms with E-state index in [2.05, 4.69) is 6.07 Å². The quantitative estimate of drug-likeness (QED) is 0.160. The SMILES string of the molecule is O=C1CC(=O)N(c2ccccc2)C(=O)/C1=C/c1c2ccccc2cc2ccccc12. The second-order valence-corrected chi connectivity index (χ2v) is 7.26. The lowest BCUT2D eigenvalue weighted by Crippen LogP contribution is -2.45. The van der Waals surface area contributed by atoms with E-state index in [4.69, 9.17) is 0 Å². The first-order valence-corrected chi connectivity index (χ1v) is 9.71. The molecule has 0 saturated carbocycles. The van der Waals surface area contributed by atoms with E-state index in [1.54, 1.807) is 30.3 Å². The van der Waals surface area contributed by atoms with Gasteiger partial charge in [0.25, 0.3) is 5.91 Å². The number of piperidine rings is 1. The Morgan fingerprint density at radius 1 is 0.700 bits per heavy atom. The summed E-state index contributed by atoms with van der Waals surface area (Å²) in [6, 6.07) is 26.6. The first-order chi connectivity index (χ1) is 14.6. The first kappa shape index (κ1) is 18.0. The number of benzene rings is 4. The molecule has 0 atom stereocenters. The van der Waals surface area contributed by atoms with Crippen molar-refractivity contribution in [2.45, 2.75) is 6.42 Å². The van der Waals surface area contributed by atoms with E-state index in [1.807, 2.05) is 54.6 Å². The number of nitrogens with zero attached hydrogens (tertiary/aromatic N) is 1. The number of amides is 2. The zero-order chi connectivity index (χ0) is 20.7. The van der Waals surface area contributed by atoms with Gasteiger partial charge in [0, 0.05) is 0 Å². The molecule has 4 aromatic rings. The molecule has 0 unspecified atom stereocenters. The molecular weight excluding hydrogens is 374 g/mol. The van der Waals surface area contributed by atoms with E-state index in [1.165, 1.54) is 0 Å². The highest BCUT2D eigenvalue weighted by Crippen LogP contribution is 2.32. The number of ketones is 1. The van der Waals surface area contributed by atoms with Crippen molar-refractivity contribution >= 4 is 50.9 Å². The number of rotatable bonds is 2. The standard InChI is InChI=1S/C26H17NO3/c28-24-16-25(29)27(19-10-2-1-3-11-19)26(30)23(24)15-22-20-12-6-4-8-17(20)14-18-9-5-7-13-21(18)22/h1-15H,16H2/b23-15+. The molecule has 1 saturated heterocycles.